The topological polar surface area (TPSA) is 107 Å². The average Bonchev–Trinajstić information content (AvgIpc) is 3.50. The lowest BCUT2D eigenvalue weighted by Crippen LogP contribution is -2.25. The maximum Gasteiger partial charge on any atom is 0.277 e. The minimum atomic E-state index is -0.155. The number of benzene rings is 2. The molecule has 0 spiro atoms. The number of nitrogens with one attached hydrogen (secondary N) is 2. The van der Waals surface area contributed by atoms with E-state index in [1.807, 2.05) is 94.4 Å². The number of rotatable bonds is 6. The van der Waals surface area contributed by atoms with Crippen molar-refractivity contribution >= 4 is 75.4 Å². The van der Waals surface area contributed by atoms with E-state index in [1.54, 1.807) is 9.13 Å². The van der Waals surface area contributed by atoms with E-state index >= 15 is 0 Å². The monoisotopic (exact) mass is 593 g/mol. The molecule has 5 heterocycles. The number of hydrogen-bond donors (Lipinski definition) is 2. The molecule has 42 heavy (non-hydrogen) atoms. The van der Waals surface area contributed by atoms with Crippen LogP contribution < -0.4 is 21.8 Å². The van der Waals surface area contributed by atoms with E-state index in [9.17, 15) is 9.59 Å². The first-order valence-electron chi connectivity index (χ1n) is 13.7. The predicted molar refractivity (Wildman–Crippen MR) is 174 cm³/mol. The van der Waals surface area contributed by atoms with Crippen molar-refractivity contribution in [2.75, 3.05) is 10.6 Å². The van der Waals surface area contributed by atoms with Gasteiger partial charge in [0.1, 0.15) is 31.5 Å². The van der Waals surface area contributed by atoms with Gasteiger partial charge in [-0.05, 0) is 58.0 Å². The number of fused-ring (bicyclic) bond motifs is 6. The minimum Gasteiger partial charge on any atom is -0.353 e. The molecule has 0 bridgehead atoms. The molecule has 0 saturated heterocycles. The lowest BCUT2D eigenvalue weighted by molar-refractivity contribution is 0.846. The van der Waals surface area contributed by atoms with Crippen molar-refractivity contribution in [1.82, 2.24) is 24.1 Å². The van der Waals surface area contributed by atoms with Gasteiger partial charge in [-0.25, -0.2) is 24.1 Å². The Morgan fingerprint density at radius 1 is 0.595 bits per heavy atom. The molecule has 0 aliphatic carbocycles. The van der Waals surface area contributed by atoms with Gasteiger partial charge in [0.25, 0.3) is 11.1 Å². The van der Waals surface area contributed by atoms with Crippen molar-refractivity contribution < 1.29 is 0 Å². The number of nitrogens with zero attached hydrogens (tertiary/aromatic N) is 5. The summed E-state index contributed by atoms with van der Waals surface area (Å²) in [6, 6.07) is 21.1. The smallest absolute Gasteiger partial charge is 0.277 e. The Morgan fingerprint density at radius 3 is 1.38 bits per heavy atom. The molecule has 0 amide bonds. The quantitative estimate of drug-likeness (QED) is 0.225. The predicted octanol–water partition coefficient (Wildman–Crippen LogP) is 6.55. The van der Waals surface area contributed by atoms with Crippen LogP contribution in [0.2, 0.25) is 0 Å². The molecule has 7 rings (SSSR count). The van der Waals surface area contributed by atoms with Crippen LogP contribution in [-0.2, 0) is 0 Å². The highest BCUT2D eigenvalue weighted by Crippen LogP contribution is 2.38. The Balaban J connectivity index is 1.52. The van der Waals surface area contributed by atoms with E-state index in [2.05, 4.69) is 10.6 Å². The van der Waals surface area contributed by atoms with Gasteiger partial charge >= 0.3 is 0 Å². The fourth-order valence-corrected chi connectivity index (χ4v) is 7.23. The summed E-state index contributed by atoms with van der Waals surface area (Å²) in [4.78, 5) is 42.7. The van der Waals surface area contributed by atoms with E-state index in [-0.39, 0.29) is 23.2 Å². The van der Waals surface area contributed by atoms with Gasteiger partial charge in [0.2, 0.25) is 11.9 Å². The number of anilines is 2. The molecule has 0 aliphatic rings. The minimum absolute atomic E-state index is 0.0533. The highest BCUT2D eigenvalue weighted by atomic mass is 32.1. The van der Waals surface area contributed by atoms with Crippen LogP contribution in [0.15, 0.2) is 76.3 Å². The fraction of sp³-hybridized carbons (Fsp3) is 0.194. The van der Waals surface area contributed by atoms with Crippen LogP contribution in [0.5, 0.6) is 0 Å². The normalized spacial score (nSPS) is 12.0. The molecule has 2 N–H and O–H groups in total. The zero-order chi connectivity index (χ0) is 29.1. The molecule has 2 aromatic carbocycles. The van der Waals surface area contributed by atoms with E-state index in [0.717, 1.165) is 20.8 Å². The third-order valence-electron chi connectivity index (χ3n) is 6.77. The van der Waals surface area contributed by atoms with Gasteiger partial charge in [0.05, 0.1) is 20.8 Å². The maximum atomic E-state index is 13.9. The van der Waals surface area contributed by atoms with Crippen LogP contribution in [0.4, 0.5) is 11.9 Å². The van der Waals surface area contributed by atoms with Crippen molar-refractivity contribution in [3.05, 3.63) is 87.4 Å². The van der Waals surface area contributed by atoms with Crippen LogP contribution in [0.25, 0.3) is 52.2 Å². The molecule has 0 saturated carbocycles. The van der Waals surface area contributed by atoms with Crippen molar-refractivity contribution in [2.45, 2.75) is 39.8 Å². The van der Waals surface area contributed by atoms with Crippen LogP contribution in [-0.4, -0.2) is 36.2 Å². The van der Waals surface area contributed by atoms with Gasteiger partial charge in [-0.15, -0.1) is 22.7 Å². The summed E-state index contributed by atoms with van der Waals surface area (Å²) in [5, 5.41) is 6.68. The third-order valence-corrected chi connectivity index (χ3v) is 8.98. The number of thiophene rings is 2. The summed E-state index contributed by atoms with van der Waals surface area (Å²) in [5.74, 6) is 0.913. The molecule has 11 heteroatoms. The molecule has 5 aromatic heterocycles. The van der Waals surface area contributed by atoms with E-state index in [1.165, 1.54) is 22.7 Å². The van der Waals surface area contributed by atoms with Crippen molar-refractivity contribution in [2.24, 2.45) is 0 Å². The summed E-state index contributed by atoms with van der Waals surface area (Å²) in [6.07, 6.45) is 0. The summed E-state index contributed by atoms with van der Waals surface area (Å²) < 4.78 is 5.95. The summed E-state index contributed by atoms with van der Waals surface area (Å²) >= 11 is 2.74. The Hall–Kier alpha value is -4.61. The number of aromatic nitrogens is 5. The van der Waals surface area contributed by atoms with Gasteiger partial charge in [0, 0.05) is 12.1 Å². The molecule has 7 aromatic rings. The molecule has 210 valence electrons. The largest absolute Gasteiger partial charge is 0.353 e. The van der Waals surface area contributed by atoms with Crippen LogP contribution in [0, 0.1) is 0 Å². The van der Waals surface area contributed by atoms with Crippen LogP contribution >= 0.6 is 22.7 Å². The first-order chi connectivity index (χ1) is 20.3. The Kier molecular flexibility index (Phi) is 6.28. The highest BCUT2D eigenvalue weighted by molar-refractivity contribution is 7.27. The van der Waals surface area contributed by atoms with Crippen molar-refractivity contribution in [3.63, 3.8) is 0 Å². The maximum absolute atomic E-state index is 13.9. The standard InChI is InChI=1S/C31H27N7O2S2/c1-16(2)32-30-35-24-22-20(41-26(24)28(39)37(30)18-11-7-5-8-12-18)15-21-23(34-22)25-27(42-21)29(40)38(19-13-9-6-10-14-19)31(36-25)33-17(3)4/h5-17H,1-4H3,(H,32,35)(H,33,36). The molecule has 0 unspecified atom stereocenters. The molecule has 0 aliphatic heterocycles. The molecule has 0 atom stereocenters. The number of hydrogen-bond acceptors (Lipinski definition) is 9. The second-order valence-corrected chi connectivity index (χ2v) is 12.8. The van der Waals surface area contributed by atoms with Crippen LogP contribution in [0.1, 0.15) is 27.7 Å². The first kappa shape index (κ1) is 26.3. The first-order valence-corrected chi connectivity index (χ1v) is 15.3. The summed E-state index contributed by atoms with van der Waals surface area (Å²) in [5.41, 5.74) is 3.49. The van der Waals surface area contributed by atoms with Gasteiger partial charge in [0.15, 0.2) is 0 Å². The van der Waals surface area contributed by atoms with E-state index < -0.39 is 0 Å². The number of pyridine rings is 1. The van der Waals surface area contributed by atoms with Crippen molar-refractivity contribution in [3.8, 4) is 11.4 Å². The number of para-hydroxylation sites is 2. The summed E-state index contributed by atoms with van der Waals surface area (Å²) in [7, 11) is 0. The lowest BCUT2D eigenvalue weighted by atomic mass is 10.3. The Bertz CT molecular complexity index is 2090. The average molecular weight is 594 g/mol. The Morgan fingerprint density at radius 2 is 1.00 bits per heavy atom. The second kappa shape index (κ2) is 10.0. The van der Waals surface area contributed by atoms with Gasteiger partial charge in [-0.3, -0.25) is 9.59 Å². The van der Waals surface area contributed by atoms with Crippen molar-refractivity contribution in [1.29, 1.82) is 0 Å². The fourth-order valence-electron chi connectivity index (χ4n) is 5.05. The highest BCUT2D eigenvalue weighted by Gasteiger charge is 2.23. The lowest BCUT2D eigenvalue weighted by Gasteiger charge is -2.16. The van der Waals surface area contributed by atoms with E-state index in [0.29, 0.717) is 43.4 Å². The molecular formula is C31H27N7O2S2. The van der Waals surface area contributed by atoms with Gasteiger partial charge < -0.3 is 10.6 Å². The SMILES string of the molecule is CC(C)Nc1nc2c(sc3cc4sc5c(=O)n(-c6ccccc6)c(NC(C)C)nc5c4nc32)c(=O)n1-c1ccccc1. The molecule has 9 nitrogen and oxygen atoms in total. The molecular weight excluding hydrogens is 567 g/mol. The van der Waals surface area contributed by atoms with E-state index in [4.69, 9.17) is 15.0 Å². The zero-order valence-electron chi connectivity index (χ0n) is 23.4. The van der Waals surface area contributed by atoms with Crippen LogP contribution in [0.3, 0.4) is 0 Å². The second-order valence-electron chi connectivity index (χ2n) is 10.7. The Labute approximate surface area is 248 Å². The zero-order valence-corrected chi connectivity index (χ0v) is 25.0. The third kappa shape index (κ3) is 4.24. The van der Waals surface area contributed by atoms with Gasteiger partial charge in [-0.2, -0.15) is 0 Å². The van der Waals surface area contributed by atoms with Gasteiger partial charge in [-0.1, -0.05) is 36.4 Å². The molecule has 0 fully saturated rings. The summed E-state index contributed by atoms with van der Waals surface area (Å²) in [6.45, 7) is 8.03. The molecule has 0 radical (unpaired) electrons.